The van der Waals surface area contributed by atoms with Gasteiger partial charge in [-0.2, -0.15) is 0 Å². The molecule has 1 fully saturated rings. The standard InChI is InChI=1S/C13H15BrO3/c1-4-13(9-5-7-10(14)8-6-9)12(2,17-13)11(15)16-3/h5-8H,4H2,1-3H3. The smallest absolute Gasteiger partial charge is 0.341 e. The quantitative estimate of drug-likeness (QED) is 0.636. The van der Waals surface area contributed by atoms with Crippen LogP contribution in [-0.2, 0) is 19.9 Å². The van der Waals surface area contributed by atoms with E-state index in [1.807, 2.05) is 31.2 Å². The lowest BCUT2D eigenvalue weighted by Crippen LogP contribution is -2.30. The zero-order valence-corrected chi connectivity index (χ0v) is 11.7. The lowest BCUT2D eigenvalue weighted by Gasteiger charge is -2.14. The third-order valence-electron chi connectivity index (χ3n) is 3.49. The minimum atomic E-state index is -0.857. The minimum Gasteiger partial charge on any atom is -0.467 e. The summed E-state index contributed by atoms with van der Waals surface area (Å²) in [5.41, 5.74) is -0.387. The number of methoxy groups -OCH3 is 1. The van der Waals surface area contributed by atoms with E-state index in [0.29, 0.717) is 0 Å². The monoisotopic (exact) mass is 298 g/mol. The molecule has 0 aliphatic carbocycles. The molecule has 2 rings (SSSR count). The van der Waals surface area contributed by atoms with Crippen LogP contribution in [0.2, 0.25) is 0 Å². The summed E-state index contributed by atoms with van der Waals surface area (Å²) in [5.74, 6) is -0.317. The number of hydrogen-bond donors (Lipinski definition) is 0. The molecule has 1 aromatic rings. The van der Waals surface area contributed by atoms with E-state index in [2.05, 4.69) is 15.9 Å². The number of carbonyl (C=O) groups excluding carboxylic acids is 1. The summed E-state index contributed by atoms with van der Waals surface area (Å²) >= 11 is 3.39. The van der Waals surface area contributed by atoms with Crippen molar-refractivity contribution in [3.63, 3.8) is 0 Å². The fourth-order valence-corrected chi connectivity index (χ4v) is 2.66. The van der Waals surface area contributed by atoms with Crippen LogP contribution < -0.4 is 0 Å². The van der Waals surface area contributed by atoms with Gasteiger partial charge in [0.15, 0.2) is 5.60 Å². The van der Waals surface area contributed by atoms with Crippen LogP contribution in [0.3, 0.4) is 0 Å². The zero-order valence-electron chi connectivity index (χ0n) is 10.1. The highest BCUT2D eigenvalue weighted by molar-refractivity contribution is 9.10. The molecule has 0 N–H and O–H groups in total. The molecule has 2 atom stereocenters. The number of ether oxygens (including phenoxy) is 2. The first kappa shape index (κ1) is 12.6. The van der Waals surface area contributed by atoms with Crippen molar-refractivity contribution in [1.82, 2.24) is 0 Å². The molecule has 1 aliphatic heterocycles. The Labute approximate surface area is 109 Å². The Hall–Kier alpha value is -0.870. The molecule has 3 nitrogen and oxygen atoms in total. The molecule has 1 heterocycles. The molecule has 0 amide bonds. The van der Waals surface area contributed by atoms with Crippen LogP contribution in [0, 0.1) is 0 Å². The molecular weight excluding hydrogens is 284 g/mol. The van der Waals surface area contributed by atoms with E-state index < -0.39 is 11.2 Å². The largest absolute Gasteiger partial charge is 0.467 e. The number of carbonyl (C=O) groups is 1. The van der Waals surface area contributed by atoms with Gasteiger partial charge in [0, 0.05) is 4.47 Å². The Balaban J connectivity index is 2.36. The maximum absolute atomic E-state index is 11.8. The second kappa shape index (κ2) is 4.10. The number of halogens is 1. The van der Waals surface area contributed by atoms with Gasteiger partial charge in [0.1, 0.15) is 5.60 Å². The summed E-state index contributed by atoms with van der Waals surface area (Å²) in [6, 6.07) is 7.85. The van der Waals surface area contributed by atoms with E-state index >= 15 is 0 Å². The molecule has 1 aliphatic rings. The highest BCUT2D eigenvalue weighted by Gasteiger charge is 2.72. The van der Waals surface area contributed by atoms with Gasteiger partial charge in [0.2, 0.25) is 0 Å². The van der Waals surface area contributed by atoms with Gasteiger partial charge in [-0.25, -0.2) is 4.79 Å². The summed E-state index contributed by atoms with van der Waals surface area (Å²) in [7, 11) is 1.39. The summed E-state index contributed by atoms with van der Waals surface area (Å²) in [6.45, 7) is 3.79. The zero-order chi connectivity index (χ0) is 12.7. The maximum atomic E-state index is 11.8. The van der Waals surface area contributed by atoms with Crippen molar-refractivity contribution in [3.8, 4) is 0 Å². The van der Waals surface area contributed by atoms with E-state index in [-0.39, 0.29) is 5.97 Å². The molecule has 1 aromatic carbocycles. The predicted octanol–water partition coefficient (Wildman–Crippen LogP) is 3.02. The molecule has 1 saturated heterocycles. The van der Waals surface area contributed by atoms with Crippen molar-refractivity contribution in [3.05, 3.63) is 34.3 Å². The predicted molar refractivity (Wildman–Crippen MR) is 67.6 cm³/mol. The first-order chi connectivity index (χ1) is 8.00. The average Bonchev–Trinajstić information content (AvgIpc) is 2.97. The first-order valence-corrected chi connectivity index (χ1v) is 6.34. The summed E-state index contributed by atoms with van der Waals surface area (Å²) in [4.78, 5) is 11.8. The van der Waals surface area contributed by atoms with Gasteiger partial charge in [0.25, 0.3) is 0 Å². The van der Waals surface area contributed by atoms with Gasteiger partial charge < -0.3 is 9.47 Å². The van der Waals surface area contributed by atoms with Crippen LogP contribution in [-0.4, -0.2) is 18.7 Å². The molecule has 92 valence electrons. The van der Waals surface area contributed by atoms with E-state index in [9.17, 15) is 4.79 Å². The van der Waals surface area contributed by atoms with Gasteiger partial charge in [-0.3, -0.25) is 0 Å². The van der Waals surface area contributed by atoms with Crippen molar-refractivity contribution < 1.29 is 14.3 Å². The van der Waals surface area contributed by atoms with Gasteiger partial charge in [-0.05, 0) is 31.0 Å². The Morgan fingerprint density at radius 2 is 2.00 bits per heavy atom. The molecule has 0 bridgehead atoms. The van der Waals surface area contributed by atoms with Gasteiger partial charge >= 0.3 is 5.97 Å². The normalized spacial score (nSPS) is 31.1. The van der Waals surface area contributed by atoms with Crippen molar-refractivity contribution >= 4 is 21.9 Å². The Kier molecular flexibility index (Phi) is 3.04. The van der Waals surface area contributed by atoms with Crippen LogP contribution in [0.4, 0.5) is 0 Å². The molecular formula is C13H15BrO3. The van der Waals surface area contributed by atoms with E-state index in [1.54, 1.807) is 6.92 Å². The number of benzene rings is 1. The lowest BCUT2D eigenvalue weighted by atomic mass is 9.85. The number of esters is 1. The van der Waals surface area contributed by atoms with Gasteiger partial charge in [-0.1, -0.05) is 35.0 Å². The molecule has 17 heavy (non-hydrogen) atoms. The second-order valence-corrected chi connectivity index (χ2v) is 5.23. The van der Waals surface area contributed by atoms with Crippen LogP contribution in [0.25, 0.3) is 0 Å². The molecule has 0 saturated carbocycles. The van der Waals surface area contributed by atoms with Crippen molar-refractivity contribution in [2.75, 3.05) is 7.11 Å². The molecule has 4 heteroatoms. The lowest BCUT2D eigenvalue weighted by molar-refractivity contribution is -0.146. The third-order valence-corrected chi connectivity index (χ3v) is 4.02. The highest BCUT2D eigenvalue weighted by atomic mass is 79.9. The fourth-order valence-electron chi connectivity index (χ4n) is 2.39. The SMILES string of the molecule is CCC1(c2ccc(Br)cc2)OC1(C)C(=O)OC. The van der Waals surface area contributed by atoms with Crippen LogP contribution in [0.15, 0.2) is 28.7 Å². The number of epoxide rings is 1. The van der Waals surface area contributed by atoms with Crippen LogP contribution in [0.1, 0.15) is 25.8 Å². The fraction of sp³-hybridized carbons (Fsp3) is 0.462. The number of hydrogen-bond acceptors (Lipinski definition) is 3. The third kappa shape index (κ3) is 1.70. The average molecular weight is 299 g/mol. The van der Waals surface area contributed by atoms with Gasteiger partial charge in [-0.15, -0.1) is 0 Å². The maximum Gasteiger partial charge on any atom is 0.341 e. The minimum absolute atomic E-state index is 0.317. The van der Waals surface area contributed by atoms with E-state index in [1.165, 1.54) is 7.11 Å². The summed E-state index contributed by atoms with van der Waals surface area (Å²) in [5, 5.41) is 0. The molecule has 2 unspecified atom stereocenters. The molecule has 0 radical (unpaired) electrons. The topological polar surface area (TPSA) is 38.8 Å². The first-order valence-electron chi connectivity index (χ1n) is 5.55. The second-order valence-electron chi connectivity index (χ2n) is 4.31. The Morgan fingerprint density at radius 1 is 1.41 bits per heavy atom. The Morgan fingerprint density at radius 3 is 2.47 bits per heavy atom. The van der Waals surface area contributed by atoms with Crippen LogP contribution >= 0.6 is 15.9 Å². The van der Waals surface area contributed by atoms with Crippen molar-refractivity contribution in [1.29, 1.82) is 0 Å². The molecule has 0 spiro atoms. The molecule has 0 aromatic heterocycles. The van der Waals surface area contributed by atoms with E-state index in [0.717, 1.165) is 16.5 Å². The van der Waals surface area contributed by atoms with Crippen molar-refractivity contribution in [2.24, 2.45) is 0 Å². The van der Waals surface area contributed by atoms with Gasteiger partial charge in [0.05, 0.1) is 7.11 Å². The van der Waals surface area contributed by atoms with Crippen molar-refractivity contribution in [2.45, 2.75) is 31.5 Å². The number of rotatable bonds is 3. The summed E-state index contributed by atoms with van der Waals surface area (Å²) in [6.07, 6.45) is 0.736. The van der Waals surface area contributed by atoms with Crippen LogP contribution in [0.5, 0.6) is 0 Å². The van der Waals surface area contributed by atoms with E-state index in [4.69, 9.17) is 9.47 Å². The highest BCUT2D eigenvalue weighted by Crippen LogP contribution is 2.58. The Bertz CT molecular complexity index is 442. The summed E-state index contributed by atoms with van der Waals surface area (Å²) < 4.78 is 11.5.